The monoisotopic (exact) mass is 480 g/mol. The Bertz CT molecular complexity index is 1010. The Morgan fingerprint density at radius 1 is 1.00 bits per heavy atom. The molecule has 1 N–H and O–H groups in total. The summed E-state index contributed by atoms with van der Waals surface area (Å²) >= 11 is 2.27. The van der Waals surface area contributed by atoms with Crippen LogP contribution in [0, 0.1) is 14.9 Å². The van der Waals surface area contributed by atoms with Crippen molar-refractivity contribution in [3.8, 4) is 11.8 Å². The Morgan fingerprint density at radius 2 is 1.68 bits per heavy atom. The summed E-state index contributed by atoms with van der Waals surface area (Å²) in [4.78, 5) is 12.3. The van der Waals surface area contributed by atoms with Crippen LogP contribution in [-0.2, 0) is 11.4 Å². The Balaban J connectivity index is 1.63. The third-order valence-corrected chi connectivity index (χ3v) is 4.63. The second kappa shape index (κ2) is 9.72. The summed E-state index contributed by atoms with van der Waals surface area (Å²) in [6, 6.07) is 26.4. The van der Waals surface area contributed by atoms with Gasteiger partial charge < -0.3 is 10.1 Å². The Morgan fingerprint density at radius 3 is 2.32 bits per heavy atom. The number of carbonyl (C=O) groups excluding carboxylic acids is 1. The highest BCUT2D eigenvalue weighted by Crippen LogP contribution is 2.17. The minimum absolute atomic E-state index is 0.0383. The van der Waals surface area contributed by atoms with Crippen LogP contribution in [0.1, 0.15) is 11.1 Å². The molecule has 0 saturated carbocycles. The molecule has 3 rings (SSSR count). The van der Waals surface area contributed by atoms with Gasteiger partial charge in [0.05, 0.1) is 0 Å². The molecule has 0 aliphatic heterocycles. The highest BCUT2D eigenvalue weighted by molar-refractivity contribution is 14.1. The van der Waals surface area contributed by atoms with Crippen molar-refractivity contribution in [3.63, 3.8) is 0 Å². The van der Waals surface area contributed by atoms with Gasteiger partial charge in [-0.05, 0) is 76.2 Å². The van der Waals surface area contributed by atoms with Crippen molar-refractivity contribution in [2.45, 2.75) is 6.61 Å². The number of anilines is 1. The van der Waals surface area contributed by atoms with Gasteiger partial charge in [0.2, 0.25) is 0 Å². The number of para-hydroxylation sites is 1. The molecule has 0 aliphatic carbocycles. The third kappa shape index (κ3) is 5.69. The van der Waals surface area contributed by atoms with E-state index in [1.54, 1.807) is 18.2 Å². The molecular weight excluding hydrogens is 463 g/mol. The first-order chi connectivity index (χ1) is 13.6. The van der Waals surface area contributed by atoms with Crippen LogP contribution >= 0.6 is 22.6 Å². The van der Waals surface area contributed by atoms with E-state index in [1.165, 1.54) is 3.57 Å². The van der Waals surface area contributed by atoms with E-state index in [0.29, 0.717) is 12.3 Å². The van der Waals surface area contributed by atoms with Crippen molar-refractivity contribution in [1.82, 2.24) is 0 Å². The van der Waals surface area contributed by atoms with E-state index in [2.05, 4.69) is 27.9 Å². The smallest absolute Gasteiger partial charge is 0.266 e. The van der Waals surface area contributed by atoms with Gasteiger partial charge in [-0.15, -0.1) is 0 Å². The highest BCUT2D eigenvalue weighted by Gasteiger charge is 2.09. The standard InChI is InChI=1S/C23H17IN2O2/c24-20-10-6-18(7-11-20)16-28-22-12-8-17(9-13-22)14-19(15-25)23(27)26-21-4-2-1-3-5-21/h1-14H,16H2,(H,26,27)/b19-14-. The van der Waals surface area contributed by atoms with Crippen LogP contribution in [0.4, 0.5) is 5.69 Å². The van der Waals surface area contributed by atoms with Gasteiger partial charge in [0.25, 0.3) is 5.91 Å². The van der Waals surface area contributed by atoms with Gasteiger partial charge in [-0.3, -0.25) is 4.79 Å². The highest BCUT2D eigenvalue weighted by atomic mass is 127. The SMILES string of the molecule is N#C/C(=C/c1ccc(OCc2ccc(I)cc2)cc1)C(=O)Nc1ccccc1. The van der Waals surface area contributed by atoms with Gasteiger partial charge in [0.1, 0.15) is 24.0 Å². The van der Waals surface area contributed by atoms with Crippen LogP contribution < -0.4 is 10.1 Å². The summed E-state index contributed by atoms with van der Waals surface area (Å²) in [5, 5.41) is 12.0. The lowest BCUT2D eigenvalue weighted by Gasteiger charge is -2.07. The van der Waals surface area contributed by atoms with E-state index >= 15 is 0 Å². The summed E-state index contributed by atoms with van der Waals surface area (Å²) in [6.07, 6.45) is 1.56. The topological polar surface area (TPSA) is 62.1 Å². The van der Waals surface area contributed by atoms with Crippen molar-refractivity contribution in [1.29, 1.82) is 5.26 Å². The van der Waals surface area contributed by atoms with E-state index in [9.17, 15) is 10.1 Å². The largest absolute Gasteiger partial charge is 0.489 e. The van der Waals surface area contributed by atoms with E-state index in [1.807, 2.05) is 72.8 Å². The molecule has 0 radical (unpaired) electrons. The molecule has 5 heteroatoms. The number of hydrogen-bond donors (Lipinski definition) is 1. The van der Waals surface area contributed by atoms with E-state index in [-0.39, 0.29) is 5.57 Å². The molecule has 0 atom stereocenters. The van der Waals surface area contributed by atoms with Crippen molar-refractivity contribution in [2.75, 3.05) is 5.32 Å². The van der Waals surface area contributed by atoms with Crippen LogP contribution in [0.15, 0.2) is 84.4 Å². The van der Waals surface area contributed by atoms with Crippen LogP contribution in [0.3, 0.4) is 0 Å². The second-order valence-electron chi connectivity index (χ2n) is 5.97. The predicted molar refractivity (Wildman–Crippen MR) is 119 cm³/mol. The van der Waals surface area contributed by atoms with Gasteiger partial charge >= 0.3 is 0 Å². The number of halogens is 1. The molecule has 0 fully saturated rings. The maximum absolute atomic E-state index is 12.3. The summed E-state index contributed by atoms with van der Waals surface area (Å²) in [5.74, 6) is 0.288. The molecule has 0 saturated heterocycles. The molecule has 138 valence electrons. The normalized spacial score (nSPS) is 10.8. The number of benzene rings is 3. The quantitative estimate of drug-likeness (QED) is 0.291. The molecule has 0 aromatic heterocycles. The number of amides is 1. The van der Waals surface area contributed by atoms with Gasteiger partial charge in [0, 0.05) is 9.26 Å². The number of nitrogens with zero attached hydrogens (tertiary/aromatic N) is 1. The molecule has 4 nitrogen and oxygen atoms in total. The van der Waals surface area contributed by atoms with Crippen LogP contribution in [-0.4, -0.2) is 5.91 Å². The zero-order chi connectivity index (χ0) is 19.8. The lowest BCUT2D eigenvalue weighted by atomic mass is 10.1. The van der Waals surface area contributed by atoms with Crippen LogP contribution in [0.5, 0.6) is 5.75 Å². The maximum Gasteiger partial charge on any atom is 0.266 e. The minimum Gasteiger partial charge on any atom is -0.489 e. The molecule has 0 spiro atoms. The number of rotatable bonds is 6. The lowest BCUT2D eigenvalue weighted by molar-refractivity contribution is -0.112. The zero-order valence-electron chi connectivity index (χ0n) is 14.9. The second-order valence-corrected chi connectivity index (χ2v) is 7.22. The van der Waals surface area contributed by atoms with E-state index in [4.69, 9.17) is 4.74 Å². The molecule has 0 bridgehead atoms. The third-order valence-electron chi connectivity index (χ3n) is 3.91. The maximum atomic E-state index is 12.3. The first kappa shape index (κ1) is 19.6. The molecule has 0 heterocycles. The Labute approximate surface area is 177 Å². The summed E-state index contributed by atoms with van der Waals surface area (Å²) in [7, 11) is 0. The van der Waals surface area contributed by atoms with Crippen LogP contribution in [0.25, 0.3) is 6.08 Å². The van der Waals surface area contributed by atoms with Gasteiger partial charge in [0.15, 0.2) is 0 Å². The van der Waals surface area contributed by atoms with Crippen molar-refractivity contribution >= 4 is 40.3 Å². The lowest BCUT2D eigenvalue weighted by Crippen LogP contribution is -2.13. The molecule has 1 amide bonds. The summed E-state index contributed by atoms with van der Waals surface area (Å²) < 4.78 is 6.96. The molecule has 3 aromatic carbocycles. The number of hydrogen-bond acceptors (Lipinski definition) is 3. The molecular formula is C23H17IN2O2. The Kier molecular flexibility index (Phi) is 6.82. The number of carbonyl (C=O) groups is 1. The minimum atomic E-state index is -0.437. The first-order valence-corrected chi connectivity index (χ1v) is 9.67. The van der Waals surface area contributed by atoms with Gasteiger partial charge in [-0.1, -0.05) is 42.5 Å². The van der Waals surface area contributed by atoms with Gasteiger partial charge in [-0.25, -0.2) is 0 Å². The molecule has 28 heavy (non-hydrogen) atoms. The van der Waals surface area contributed by atoms with Crippen LogP contribution in [0.2, 0.25) is 0 Å². The number of nitrogens with one attached hydrogen (secondary N) is 1. The zero-order valence-corrected chi connectivity index (χ0v) is 17.1. The van der Waals surface area contributed by atoms with Crippen molar-refractivity contribution in [3.05, 3.63) is 99.1 Å². The Hall–Kier alpha value is -3.11. The predicted octanol–water partition coefficient (Wildman–Crippen LogP) is 5.42. The number of ether oxygens (including phenoxy) is 1. The van der Waals surface area contributed by atoms with Crippen molar-refractivity contribution in [2.24, 2.45) is 0 Å². The van der Waals surface area contributed by atoms with E-state index < -0.39 is 5.91 Å². The molecule has 0 aliphatic rings. The fourth-order valence-corrected chi connectivity index (χ4v) is 2.80. The summed E-state index contributed by atoms with van der Waals surface area (Å²) in [6.45, 7) is 0.481. The molecule has 3 aromatic rings. The first-order valence-electron chi connectivity index (χ1n) is 8.59. The summed E-state index contributed by atoms with van der Waals surface area (Å²) in [5.41, 5.74) is 2.53. The average Bonchev–Trinajstić information content (AvgIpc) is 2.73. The fraction of sp³-hybridized carbons (Fsp3) is 0.0435. The average molecular weight is 480 g/mol. The van der Waals surface area contributed by atoms with E-state index in [0.717, 1.165) is 16.9 Å². The van der Waals surface area contributed by atoms with Gasteiger partial charge in [-0.2, -0.15) is 5.26 Å². The number of nitriles is 1. The van der Waals surface area contributed by atoms with Crippen molar-refractivity contribution < 1.29 is 9.53 Å². The fourth-order valence-electron chi connectivity index (χ4n) is 2.44. The molecule has 0 unspecified atom stereocenters.